The van der Waals surface area contributed by atoms with E-state index in [2.05, 4.69) is 15.6 Å². The summed E-state index contributed by atoms with van der Waals surface area (Å²) in [4.78, 5) is 11.9. The Morgan fingerprint density at radius 2 is 2.64 bits per heavy atom. The predicted octanol–water partition coefficient (Wildman–Crippen LogP) is 0.233. The van der Waals surface area contributed by atoms with Crippen molar-refractivity contribution in [3.8, 4) is 0 Å². The Morgan fingerprint density at radius 3 is 3.29 bits per heavy atom. The van der Waals surface area contributed by atoms with Crippen LogP contribution >= 0.6 is 0 Å². The number of rotatable bonds is 3. The number of carbonyl (C=O) groups excluding carboxylic acids is 1. The minimum atomic E-state index is -0.0289. The Kier molecular flexibility index (Phi) is 2.58. The molecule has 5 heteroatoms. The second-order valence-corrected chi connectivity index (χ2v) is 3.45. The Bertz CT molecular complexity index is 327. The molecule has 1 aliphatic heterocycles. The molecule has 1 saturated heterocycles. The molecule has 1 aromatic heterocycles. The Balaban J connectivity index is 2.17. The number of Topliss-reactive ketones (excluding diaryl/α,β-unsaturated/α-hetero) is 1. The number of carbonyl (C=O) groups is 1. The Labute approximate surface area is 82.5 Å². The molecular weight excluding hydrogens is 180 g/mol. The van der Waals surface area contributed by atoms with Gasteiger partial charge >= 0.3 is 0 Å². The number of ketones is 1. The summed E-state index contributed by atoms with van der Waals surface area (Å²) < 4.78 is 1.64. The van der Waals surface area contributed by atoms with Crippen LogP contribution in [-0.4, -0.2) is 33.4 Å². The van der Waals surface area contributed by atoms with Crippen molar-refractivity contribution in [3.63, 3.8) is 0 Å². The molecule has 76 valence electrons. The lowest BCUT2D eigenvalue weighted by molar-refractivity contribution is 0.0941. The topological polar surface area (TPSA) is 59.8 Å². The molecular formula is C9H14N4O. The van der Waals surface area contributed by atoms with Crippen molar-refractivity contribution < 1.29 is 4.79 Å². The highest BCUT2D eigenvalue weighted by Crippen LogP contribution is 2.11. The van der Waals surface area contributed by atoms with Gasteiger partial charge in [-0.15, -0.1) is 5.10 Å². The van der Waals surface area contributed by atoms with Crippen molar-refractivity contribution in [2.45, 2.75) is 32.4 Å². The van der Waals surface area contributed by atoms with Gasteiger partial charge in [0.2, 0.25) is 0 Å². The van der Waals surface area contributed by atoms with Gasteiger partial charge in [0.1, 0.15) is 5.69 Å². The van der Waals surface area contributed by atoms with Gasteiger partial charge in [0.05, 0.1) is 12.2 Å². The SMILES string of the molecule is CCn1nncc1C(=O)C1CCCN1. The zero-order valence-corrected chi connectivity index (χ0v) is 8.23. The molecule has 1 aliphatic rings. The smallest absolute Gasteiger partial charge is 0.199 e. The van der Waals surface area contributed by atoms with E-state index in [4.69, 9.17) is 0 Å². The molecule has 1 unspecified atom stereocenters. The summed E-state index contributed by atoms with van der Waals surface area (Å²) in [7, 11) is 0. The van der Waals surface area contributed by atoms with Crippen LogP contribution < -0.4 is 5.32 Å². The third-order valence-electron chi connectivity index (χ3n) is 2.55. The van der Waals surface area contributed by atoms with E-state index in [9.17, 15) is 4.79 Å². The highest BCUT2D eigenvalue weighted by molar-refractivity contribution is 5.98. The van der Waals surface area contributed by atoms with E-state index in [1.54, 1.807) is 10.9 Å². The quantitative estimate of drug-likeness (QED) is 0.700. The third-order valence-corrected chi connectivity index (χ3v) is 2.55. The molecule has 0 bridgehead atoms. The van der Waals surface area contributed by atoms with Crippen LogP contribution in [0.3, 0.4) is 0 Å². The molecule has 0 radical (unpaired) electrons. The molecule has 2 heterocycles. The first-order chi connectivity index (χ1) is 6.83. The van der Waals surface area contributed by atoms with Gasteiger partial charge in [-0.1, -0.05) is 5.21 Å². The van der Waals surface area contributed by atoms with Crippen LogP contribution in [0.5, 0.6) is 0 Å². The fourth-order valence-corrected chi connectivity index (χ4v) is 1.77. The fraction of sp³-hybridized carbons (Fsp3) is 0.667. The molecule has 0 aromatic carbocycles. The zero-order valence-electron chi connectivity index (χ0n) is 8.23. The molecule has 14 heavy (non-hydrogen) atoms. The van der Waals surface area contributed by atoms with Gasteiger partial charge in [-0.05, 0) is 26.3 Å². The number of aryl methyl sites for hydroxylation is 1. The first-order valence-corrected chi connectivity index (χ1v) is 4.99. The van der Waals surface area contributed by atoms with E-state index in [1.165, 1.54) is 0 Å². The van der Waals surface area contributed by atoms with Crippen LogP contribution in [0.25, 0.3) is 0 Å². The maximum atomic E-state index is 11.9. The van der Waals surface area contributed by atoms with Gasteiger partial charge in [-0.2, -0.15) is 0 Å². The Morgan fingerprint density at radius 1 is 1.79 bits per heavy atom. The van der Waals surface area contributed by atoms with E-state index >= 15 is 0 Å². The van der Waals surface area contributed by atoms with Crippen molar-refractivity contribution in [2.24, 2.45) is 0 Å². The van der Waals surface area contributed by atoms with E-state index in [0.29, 0.717) is 12.2 Å². The number of hydrogen-bond acceptors (Lipinski definition) is 4. The third kappa shape index (κ3) is 1.55. The van der Waals surface area contributed by atoms with Gasteiger partial charge in [0, 0.05) is 6.54 Å². The normalized spacial score (nSPS) is 21.4. The molecule has 0 spiro atoms. The second kappa shape index (κ2) is 3.88. The van der Waals surface area contributed by atoms with Crippen LogP contribution in [0.15, 0.2) is 6.20 Å². The summed E-state index contributed by atoms with van der Waals surface area (Å²) in [6.45, 7) is 3.57. The van der Waals surface area contributed by atoms with E-state index in [0.717, 1.165) is 19.4 Å². The highest BCUT2D eigenvalue weighted by atomic mass is 16.1. The average molecular weight is 194 g/mol. The van der Waals surface area contributed by atoms with E-state index in [-0.39, 0.29) is 11.8 Å². The maximum absolute atomic E-state index is 11.9. The minimum Gasteiger partial charge on any atom is -0.307 e. The van der Waals surface area contributed by atoms with Crippen LogP contribution in [0, 0.1) is 0 Å². The van der Waals surface area contributed by atoms with Gasteiger partial charge in [0.25, 0.3) is 0 Å². The predicted molar refractivity (Wildman–Crippen MR) is 51.1 cm³/mol. The lowest BCUT2D eigenvalue weighted by Gasteiger charge is -2.08. The molecule has 5 nitrogen and oxygen atoms in total. The minimum absolute atomic E-state index is 0.0289. The van der Waals surface area contributed by atoms with Crippen molar-refractivity contribution in [1.29, 1.82) is 0 Å². The van der Waals surface area contributed by atoms with Gasteiger partial charge in [-0.3, -0.25) is 4.79 Å². The number of hydrogen-bond donors (Lipinski definition) is 1. The van der Waals surface area contributed by atoms with Crippen molar-refractivity contribution in [2.75, 3.05) is 6.54 Å². The zero-order chi connectivity index (χ0) is 9.97. The molecule has 0 saturated carbocycles. The molecule has 1 N–H and O–H groups in total. The highest BCUT2D eigenvalue weighted by Gasteiger charge is 2.25. The summed E-state index contributed by atoms with van der Waals surface area (Å²) in [6, 6.07) is -0.0289. The van der Waals surface area contributed by atoms with E-state index < -0.39 is 0 Å². The van der Waals surface area contributed by atoms with Gasteiger partial charge in [0.15, 0.2) is 5.78 Å². The van der Waals surface area contributed by atoms with Crippen LogP contribution in [0.4, 0.5) is 0 Å². The molecule has 1 fully saturated rings. The lowest BCUT2D eigenvalue weighted by atomic mass is 10.1. The monoisotopic (exact) mass is 194 g/mol. The number of nitrogens with one attached hydrogen (secondary N) is 1. The Hall–Kier alpha value is -1.23. The summed E-state index contributed by atoms with van der Waals surface area (Å²) >= 11 is 0. The maximum Gasteiger partial charge on any atom is 0.199 e. The molecule has 2 rings (SSSR count). The summed E-state index contributed by atoms with van der Waals surface area (Å²) in [5, 5.41) is 10.8. The first kappa shape index (κ1) is 9.33. The molecule has 1 aromatic rings. The summed E-state index contributed by atoms with van der Waals surface area (Å²) in [5.74, 6) is 0.120. The number of nitrogens with zero attached hydrogens (tertiary/aromatic N) is 3. The standard InChI is InChI=1S/C9H14N4O/c1-2-13-8(6-11-12-13)9(14)7-4-3-5-10-7/h6-7,10H,2-5H2,1H3. The van der Waals surface area contributed by atoms with Gasteiger partial charge in [-0.25, -0.2) is 4.68 Å². The van der Waals surface area contributed by atoms with E-state index in [1.807, 2.05) is 6.92 Å². The largest absolute Gasteiger partial charge is 0.307 e. The second-order valence-electron chi connectivity index (χ2n) is 3.45. The van der Waals surface area contributed by atoms with Gasteiger partial charge < -0.3 is 5.32 Å². The average Bonchev–Trinajstić information content (AvgIpc) is 2.87. The fourth-order valence-electron chi connectivity index (χ4n) is 1.77. The van der Waals surface area contributed by atoms with Crippen molar-refractivity contribution >= 4 is 5.78 Å². The summed E-state index contributed by atoms with van der Waals surface area (Å²) in [6.07, 6.45) is 3.55. The number of aromatic nitrogens is 3. The van der Waals surface area contributed by atoms with Crippen LogP contribution in [0.2, 0.25) is 0 Å². The first-order valence-electron chi connectivity index (χ1n) is 4.99. The summed E-state index contributed by atoms with van der Waals surface area (Å²) in [5.41, 5.74) is 0.618. The van der Waals surface area contributed by atoms with Crippen LogP contribution in [-0.2, 0) is 6.54 Å². The van der Waals surface area contributed by atoms with Crippen molar-refractivity contribution in [1.82, 2.24) is 20.3 Å². The lowest BCUT2D eigenvalue weighted by Crippen LogP contribution is -2.32. The molecule has 1 atom stereocenters. The molecule has 0 amide bonds. The van der Waals surface area contributed by atoms with Crippen molar-refractivity contribution in [3.05, 3.63) is 11.9 Å². The van der Waals surface area contributed by atoms with Crippen LogP contribution in [0.1, 0.15) is 30.3 Å². The molecule has 0 aliphatic carbocycles.